The van der Waals surface area contributed by atoms with E-state index >= 15 is 0 Å². The molecule has 2 rings (SSSR count). The molecule has 1 aromatic rings. The van der Waals surface area contributed by atoms with Crippen LogP contribution in [0.1, 0.15) is 36.6 Å². The zero-order chi connectivity index (χ0) is 13.2. The van der Waals surface area contributed by atoms with Gasteiger partial charge in [-0.25, -0.2) is 4.39 Å². The van der Waals surface area contributed by atoms with Crippen molar-refractivity contribution in [3.8, 4) is 0 Å². The summed E-state index contributed by atoms with van der Waals surface area (Å²) >= 11 is 0. The van der Waals surface area contributed by atoms with Crippen molar-refractivity contribution in [2.45, 2.75) is 37.7 Å². The molecule has 0 aromatic heterocycles. The van der Waals surface area contributed by atoms with Gasteiger partial charge in [0.15, 0.2) is 0 Å². The second-order valence-corrected chi connectivity index (χ2v) is 4.58. The number of hydrogen-bond acceptors (Lipinski definition) is 1. The first kappa shape index (κ1) is 13.3. The Bertz CT molecular complexity index is 379. The van der Waals surface area contributed by atoms with Crippen LogP contribution in [0.25, 0.3) is 0 Å². The monoisotopic (exact) mass is 261 g/mol. The van der Waals surface area contributed by atoms with Crippen LogP contribution < -0.4 is 5.32 Å². The number of nitrogens with one attached hydrogen (secondary N) is 1. The summed E-state index contributed by atoms with van der Waals surface area (Å²) in [5.41, 5.74) is -0.433. The van der Waals surface area contributed by atoms with Crippen LogP contribution in [0.5, 0.6) is 0 Å². The van der Waals surface area contributed by atoms with Crippen LogP contribution in [0.2, 0.25) is 0 Å². The molecule has 1 nitrogen and oxygen atoms in total. The van der Waals surface area contributed by atoms with E-state index in [-0.39, 0.29) is 6.04 Å². The van der Waals surface area contributed by atoms with Gasteiger partial charge in [-0.3, -0.25) is 0 Å². The smallest absolute Gasteiger partial charge is 0.311 e. The van der Waals surface area contributed by atoms with Gasteiger partial charge in [-0.1, -0.05) is 18.6 Å². The van der Waals surface area contributed by atoms with Crippen LogP contribution in [0, 0.1) is 0 Å². The van der Waals surface area contributed by atoms with Crippen molar-refractivity contribution in [1.82, 2.24) is 5.32 Å². The van der Waals surface area contributed by atoms with Crippen LogP contribution >= 0.6 is 0 Å². The first-order valence-corrected chi connectivity index (χ1v) is 6.03. The first-order valence-electron chi connectivity index (χ1n) is 6.03. The van der Waals surface area contributed by atoms with E-state index in [0.717, 1.165) is 37.9 Å². The highest BCUT2D eigenvalue weighted by molar-refractivity contribution is 5.27. The van der Waals surface area contributed by atoms with Crippen LogP contribution in [0.15, 0.2) is 24.3 Å². The quantitative estimate of drug-likeness (QED) is 0.797. The van der Waals surface area contributed by atoms with Gasteiger partial charge >= 0.3 is 6.18 Å². The predicted molar refractivity (Wildman–Crippen MR) is 60.9 cm³/mol. The Labute approximate surface area is 103 Å². The minimum Gasteiger partial charge on any atom is -0.311 e. The minimum atomic E-state index is -4.37. The molecule has 2 atom stereocenters. The lowest BCUT2D eigenvalue weighted by Gasteiger charge is -2.26. The SMILES string of the molecule is FC(c1ccc(C(F)(F)F)cc1)C1CCCCN1. The summed E-state index contributed by atoms with van der Waals surface area (Å²) in [4.78, 5) is 0. The molecule has 0 aliphatic carbocycles. The maximum atomic E-state index is 14.1. The summed E-state index contributed by atoms with van der Waals surface area (Å²) in [5.74, 6) is 0. The Balaban J connectivity index is 2.09. The van der Waals surface area contributed by atoms with Gasteiger partial charge in [0.1, 0.15) is 6.17 Å². The molecule has 100 valence electrons. The fourth-order valence-electron chi connectivity index (χ4n) is 2.22. The standard InChI is InChI=1S/C13H15F4N/c14-12(11-3-1-2-8-18-11)9-4-6-10(7-5-9)13(15,16)17/h4-7,11-12,18H,1-3,8H2. The number of piperidine rings is 1. The van der Waals surface area contributed by atoms with Crippen molar-refractivity contribution in [3.63, 3.8) is 0 Å². The van der Waals surface area contributed by atoms with E-state index in [4.69, 9.17) is 0 Å². The van der Waals surface area contributed by atoms with Crippen molar-refractivity contribution in [2.75, 3.05) is 6.54 Å². The minimum absolute atomic E-state index is 0.282. The molecular formula is C13H15F4N. The summed E-state index contributed by atoms with van der Waals surface area (Å²) in [5, 5.41) is 3.06. The molecule has 1 aromatic carbocycles. The molecule has 0 amide bonds. The molecule has 0 radical (unpaired) electrons. The van der Waals surface area contributed by atoms with Crippen LogP contribution in [0.4, 0.5) is 17.6 Å². The molecule has 0 bridgehead atoms. The predicted octanol–water partition coefficient (Wildman–Crippen LogP) is 3.86. The number of halogens is 4. The number of benzene rings is 1. The van der Waals surface area contributed by atoms with Gasteiger partial charge in [-0.2, -0.15) is 13.2 Å². The van der Waals surface area contributed by atoms with E-state index in [2.05, 4.69) is 5.32 Å². The Kier molecular flexibility index (Phi) is 3.90. The van der Waals surface area contributed by atoms with E-state index in [1.807, 2.05) is 0 Å². The van der Waals surface area contributed by atoms with Crippen LogP contribution in [-0.2, 0) is 6.18 Å². The third-order valence-corrected chi connectivity index (χ3v) is 3.26. The number of rotatable bonds is 2. The van der Waals surface area contributed by atoms with Gasteiger partial charge in [0.25, 0.3) is 0 Å². The third kappa shape index (κ3) is 3.02. The molecule has 1 fully saturated rings. The Morgan fingerprint density at radius 1 is 1.11 bits per heavy atom. The summed E-state index contributed by atoms with van der Waals surface area (Å²) in [6.45, 7) is 0.770. The highest BCUT2D eigenvalue weighted by Crippen LogP contribution is 2.32. The average Bonchev–Trinajstić information content (AvgIpc) is 2.38. The molecule has 1 N–H and O–H groups in total. The highest BCUT2D eigenvalue weighted by Gasteiger charge is 2.31. The van der Waals surface area contributed by atoms with Gasteiger partial charge in [0, 0.05) is 6.04 Å². The normalized spacial score (nSPS) is 22.8. The van der Waals surface area contributed by atoms with Crippen molar-refractivity contribution < 1.29 is 17.6 Å². The maximum absolute atomic E-state index is 14.1. The van der Waals surface area contributed by atoms with Gasteiger partial charge in [0.2, 0.25) is 0 Å². The lowest BCUT2D eigenvalue weighted by molar-refractivity contribution is -0.137. The number of hydrogen-bond donors (Lipinski definition) is 1. The van der Waals surface area contributed by atoms with Crippen LogP contribution in [-0.4, -0.2) is 12.6 Å². The lowest BCUT2D eigenvalue weighted by atomic mass is 9.95. The molecule has 1 aliphatic heterocycles. The second kappa shape index (κ2) is 5.26. The molecule has 18 heavy (non-hydrogen) atoms. The fraction of sp³-hybridized carbons (Fsp3) is 0.538. The summed E-state index contributed by atoms with van der Waals surface area (Å²) in [6.07, 6.45) is -2.91. The van der Waals surface area contributed by atoms with Crippen molar-refractivity contribution in [2.24, 2.45) is 0 Å². The average molecular weight is 261 g/mol. The molecular weight excluding hydrogens is 246 g/mol. The topological polar surface area (TPSA) is 12.0 Å². The van der Waals surface area contributed by atoms with Crippen molar-refractivity contribution in [1.29, 1.82) is 0 Å². The Hall–Kier alpha value is -1.10. The number of alkyl halides is 4. The van der Waals surface area contributed by atoms with Gasteiger partial charge < -0.3 is 5.32 Å². The van der Waals surface area contributed by atoms with E-state index in [1.165, 1.54) is 12.1 Å². The van der Waals surface area contributed by atoms with Crippen LogP contribution in [0.3, 0.4) is 0 Å². The van der Waals surface area contributed by atoms with E-state index in [0.29, 0.717) is 5.56 Å². The van der Waals surface area contributed by atoms with E-state index in [1.54, 1.807) is 0 Å². The Morgan fingerprint density at radius 2 is 1.78 bits per heavy atom. The molecule has 0 spiro atoms. The Morgan fingerprint density at radius 3 is 2.28 bits per heavy atom. The largest absolute Gasteiger partial charge is 0.416 e. The molecule has 1 heterocycles. The summed E-state index contributed by atoms with van der Waals surface area (Å²) in [7, 11) is 0. The molecule has 1 aliphatic rings. The molecule has 5 heteroatoms. The molecule has 1 saturated heterocycles. The van der Waals surface area contributed by atoms with E-state index < -0.39 is 17.9 Å². The summed E-state index contributed by atoms with van der Waals surface area (Å²) in [6, 6.07) is 4.04. The zero-order valence-electron chi connectivity index (χ0n) is 9.80. The second-order valence-electron chi connectivity index (χ2n) is 4.58. The van der Waals surface area contributed by atoms with Gasteiger partial charge in [0.05, 0.1) is 5.56 Å². The third-order valence-electron chi connectivity index (χ3n) is 3.26. The highest BCUT2D eigenvalue weighted by atomic mass is 19.4. The molecule has 2 unspecified atom stereocenters. The summed E-state index contributed by atoms with van der Waals surface area (Å²) < 4.78 is 51.2. The van der Waals surface area contributed by atoms with Crippen molar-refractivity contribution >= 4 is 0 Å². The molecule has 0 saturated carbocycles. The van der Waals surface area contributed by atoms with Crippen molar-refractivity contribution in [3.05, 3.63) is 35.4 Å². The van der Waals surface area contributed by atoms with E-state index in [9.17, 15) is 17.6 Å². The van der Waals surface area contributed by atoms with Gasteiger partial charge in [-0.05, 0) is 37.1 Å². The zero-order valence-corrected chi connectivity index (χ0v) is 9.80. The lowest BCUT2D eigenvalue weighted by Crippen LogP contribution is -2.37. The fourth-order valence-corrected chi connectivity index (χ4v) is 2.22. The maximum Gasteiger partial charge on any atom is 0.416 e. The van der Waals surface area contributed by atoms with Gasteiger partial charge in [-0.15, -0.1) is 0 Å². The first-order chi connectivity index (χ1) is 8.48.